The standard InChI is InChI=1S/C12H11NO3S/c14-9-6-17-7-10(15)11(9)12(16)13-8-4-2-1-3-5-8/h1-5,11H,6-7H2,(H,13,16). The molecule has 0 spiro atoms. The molecule has 0 bridgehead atoms. The molecule has 1 aromatic carbocycles. The predicted octanol–water partition coefficient (Wildman–Crippen LogP) is 1.13. The summed E-state index contributed by atoms with van der Waals surface area (Å²) in [6, 6.07) is 8.80. The van der Waals surface area contributed by atoms with Crippen molar-refractivity contribution in [2.45, 2.75) is 0 Å². The number of carbonyl (C=O) groups is 3. The van der Waals surface area contributed by atoms with Crippen LogP contribution in [0.5, 0.6) is 0 Å². The normalized spacial score (nSPS) is 16.9. The van der Waals surface area contributed by atoms with Gasteiger partial charge in [0.05, 0.1) is 11.5 Å². The third-order valence-corrected chi connectivity index (χ3v) is 3.41. The maximum atomic E-state index is 11.8. The van der Waals surface area contributed by atoms with Crippen LogP contribution in [0.15, 0.2) is 30.3 Å². The fraction of sp³-hybridized carbons (Fsp3) is 0.250. The maximum absolute atomic E-state index is 11.8. The van der Waals surface area contributed by atoms with Gasteiger partial charge in [-0.3, -0.25) is 14.4 Å². The minimum absolute atomic E-state index is 0.235. The SMILES string of the molecule is O=C1CSCC(=O)C1C(=O)Nc1ccccc1. The Hall–Kier alpha value is -1.62. The van der Waals surface area contributed by atoms with Gasteiger partial charge < -0.3 is 5.32 Å². The van der Waals surface area contributed by atoms with E-state index in [9.17, 15) is 14.4 Å². The van der Waals surface area contributed by atoms with E-state index in [-0.39, 0.29) is 23.1 Å². The zero-order valence-electron chi connectivity index (χ0n) is 9.01. The lowest BCUT2D eigenvalue weighted by molar-refractivity contribution is -0.137. The van der Waals surface area contributed by atoms with E-state index >= 15 is 0 Å². The van der Waals surface area contributed by atoms with E-state index in [0.717, 1.165) is 0 Å². The molecule has 1 fully saturated rings. The molecule has 4 nitrogen and oxygen atoms in total. The molecule has 2 rings (SSSR count). The number of rotatable bonds is 2. The number of Topliss-reactive ketones (excluding diaryl/α,β-unsaturated/α-hetero) is 2. The lowest BCUT2D eigenvalue weighted by Crippen LogP contribution is -2.41. The Morgan fingerprint density at radius 2 is 1.71 bits per heavy atom. The van der Waals surface area contributed by atoms with E-state index in [2.05, 4.69) is 5.32 Å². The third-order valence-electron chi connectivity index (χ3n) is 2.44. The van der Waals surface area contributed by atoms with Crippen molar-refractivity contribution >= 4 is 34.9 Å². The average Bonchev–Trinajstić information content (AvgIpc) is 2.30. The molecule has 1 aliphatic heterocycles. The van der Waals surface area contributed by atoms with E-state index in [1.54, 1.807) is 24.3 Å². The van der Waals surface area contributed by atoms with Crippen LogP contribution < -0.4 is 5.32 Å². The highest BCUT2D eigenvalue weighted by Crippen LogP contribution is 2.18. The molecular weight excluding hydrogens is 238 g/mol. The molecule has 17 heavy (non-hydrogen) atoms. The number of hydrogen-bond donors (Lipinski definition) is 1. The number of ketones is 2. The van der Waals surface area contributed by atoms with Gasteiger partial charge in [-0.1, -0.05) is 18.2 Å². The van der Waals surface area contributed by atoms with Gasteiger partial charge in [-0.05, 0) is 12.1 Å². The zero-order valence-corrected chi connectivity index (χ0v) is 9.83. The Morgan fingerprint density at radius 1 is 1.12 bits per heavy atom. The molecule has 0 unspecified atom stereocenters. The zero-order chi connectivity index (χ0) is 12.3. The second kappa shape index (κ2) is 5.14. The number of para-hydroxylation sites is 1. The van der Waals surface area contributed by atoms with Crippen LogP contribution in [0, 0.1) is 5.92 Å². The summed E-state index contributed by atoms with van der Waals surface area (Å²) in [4.78, 5) is 34.9. The predicted molar refractivity (Wildman–Crippen MR) is 65.9 cm³/mol. The molecule has 0 radical (unpaired) electrons. The summed E-state index contributed by atoms with van der Waals surface area (Å²) in [7, 11) is 0. The van der Waals surface area contributed by atoms with Gasteiger partial charge in [0, 0.05) is 5.69 Å². The van der Waals surface area contributed by atoms with E-state index in [0.29, 0.717) is 5.69 Å². The second-order valence-corrected chi connectivity index (χ2v) is 4.70. The average molecular weight is 249 g/mol. The Morgan fingerprint density at radius 3 is 2.29 bits per heavy atom. The smallest absolute Gasteiger partial charge is 0.242 e. The Balaban J connectivity index is 2.09. The van der Waals surface area contributed by atoms with Crippen molar-refractivity contribution in [1.29, 1.82) is 0 Å². The summed E-state index contributed by atoms with van der Waals surface area (Å²) in [5.74, 6) is -1.79. The molecule has 0 saturated carbocycles. The molecule has 0 atom stereocenters. The molecule has 0 aromatic heterocycles. The highest BCUT2D eigenvalue weighted by atomic mass is 32.2. The van der Waals surface area contributed by atoms with E-state index in [1.165, 1.54) is 11.8 Å². The molecule has 1 aromatic rings. The van der Waals surface area contributed by atoms with Crippen molar-refractivity contribution in [2.75, 3.05) is 16.8 Å². The third kappa shape index (κ3) is 2.74. The number of benzene rings is 1. The first-order chi connectivity index (χ1) is 8.18. The van der Waals surface area contributed by atoms with Crippen LogP contribution in [0.25, 0.3) is 0 Å². The van der Waals surface area contributed by atoms with Crippen molar-refractivity contribution in [2.24, 2.45) is 5.92 Å². The molecule has 88 valence electrons. The van der Waals surface area contributed by atoms with Crippen molar-refractivity contribution in [3.8, 4) is 0 Å². The Labute approximate surface area is 103 Å². The van der Waals surface area contributed by atoms with Gasteiger partial charge >= 0.3 is 0 Å². The topological polar surface area (TPSA) is 63.2 Å². The molecule has 1 amide bonds. The van der Waals surface area contributed by atoms with Gasteiger partial charge in [0.15, 0.2) is 17.5 Å². The highest BCUT2D eigenvalue weighted by molar-refractivity contribution is 8.00. The van der Waals surface area contributed by atoms with Gasteiger partial charge in [-0.15, -0.1) is 11.8 Å². The summed E-state index contributed by atoms with van der Waals surface area (Å²) in [6.45, 7) is 0. The molecule has 1 aliphatic rings. The largest absolute Gasteiger partial charge is 0.325 e. The van der Waals surface area contributed by atoms with Gasteiger partial charge in [0.1, 0.15) is 0 Å². The quantitative estimate of drug-likeness (QED) is 0.798. The van der Waals surface area contributed by atoms with Crippen molar-refractivity contribution < 1.29 is 14.4 Å². The van der Waals surface area contributed by atoms with Crippen molar-refractivity contribution in [3.05, 3.63) is 30.3 Å². The van der Waals surface area contributed by atoms with E-state index in [4.69, 9.17) is 0 Å². The molecule has 1 N–H and O–H groups in total. The van der Waals surface area contributed by atoms with Crippen LogP contribution in [0.3, 0.4) is 0 Å². The van der Waals surface area contributed by atoms with Gasteiger partial charge in [0.25, 0.3) is 0 Å². The van der Waals surface area contributed by atoms with Gasteiger partial charge in [-0.2, -0.15) is 0 Å². The van der Waals surface area contributed by atoms with Gasteiger partial charge in [0.2, 0.25) is 5.91 Å². The summed E-state index contributed by atoms with van der Waals surface area (Å²) >= 11 is 1.26. The van der Waals surface area contributed by atoms with Crippen molar-refractivity contribution in [1.82, 2.24) is 0 Å². The lowest BCUT2D eigenvalue weighted by Gasteiger charge is -2.18. The first-order valence-corrected chi connectivity index (χ1v) is 6.33. The molecular formula is C12H11NO3S. The Kier molecular flexibility index (Phi) is 3.58. The molecule has 1 heterocycles. The minimum Gasteiger partial charge on any atom is -0.325 e. The molecule has 1 saturated heterocycles. The number of anilines is 1. The first kappa shape index (κ1) is 11.9. The lowest BCUT2D eigenvalue weighted by atomic mass is 9.99. The fourth-order valence-electron chi connectivity index (χ4n) is 1.63. The summed E-state index contributed by atoms with van der Waals surface area (Å²) < 4.78 is 0. The number of carbonyl (C=O) groups excluding carboxylic acids is 3. The Bertz CT molecular complexity index is 442. The molecule has 0 aliphatic carbocycles. The summed E-state index contributed by atoms with van der Waals surface area (Å²) in [5.41, 5.74) is 0.594. The first-order valence-electron chi connectivity index (χ1n) is 5.17. The summed E-state index contributed by atoms with van der Waals surface area (Å²) in [6.07, 6.45) is 0. The number of thioether (sulfide) groups is 1. The highest BCUT2D eigenvalue weighted by Gasteiger charge is 2.36. The number of hydrogen-bond acceptors (Lipinski definition) is 4. The van der Waals surface area contributed by atoms with Crippen LogP contribution in [-0.4, -0.2) is 29.0 Å². The number of amides is 1. The summed E-state index contributed by atoms with van der Waals surface area (Å²) in [5, 5.41) is 2.58. The minimum atomic E-state index is -1.13. The monoisotopic (exact) mass is 249 g/mol. The molecule has 5 heteroatoms. The van der Waals surface area contributed by atoms with Crippen LogP contribution >= 0.6 is 11.8 Å². The van der Waals surface area contributed by atoms with Crippen LogP contribution in [-0.2, 0) is 14.4 Å². The van der Waals surface area contributed by atoms with E-state index in [1.807, 2.05) is 6.07 Å². The van der Waals surface area contributed by atoms with Gasteiger partial charge in [-0.25, -0.2) is 0 Å². The number of nitrogens with one attached hydrogen (secondary N) is 1. The maximum Gasteiger partial charge on any atom is 0.242 e. The fourth-order valence-corrected chi connectivity index (χ4v) is 2.46. The van der Waals surface area contributed by atoms with E-state index < -0.39 is 11.8 Å². The van der Waals surface area contributed by atoms with Crippen LogP contribution in [0.2, 0.25) is 0 Å². The van der Waals surface area contributed by atoms with Crippen molar-refractivity contribution in [3.63, 3.8) is 0 Å². The van der Waals surface area contributed by atoms with Crippen LogP contribution in [0.4, 0.5) is 5.69 Å². The van der Waals surface area contributed by atoms with Crippen LogP contribution in [0.1, 0.15) is 0 Å². The second-order valence-electron chi connectivity index (χ2n) is 3.71.